The normalized spacial score (nSPS) is 21.5. The number of benzene rings is 1. The van der Waals surface area contributed by atoms with E-state index in [1.807, 2.05) is 26.0 Å². The van der Waals surface area contributed by atoms with Crippen molar-refractivity contribution in [1.82, 2.24) is 0 Å². The third kappa shape index (κ3) is 1.97. The first kappa shape index (κ1) is 12.9. The van der Waals surface area contributed by atoms with Gasteiger partial charge in [-0.25, -0.2) is 8.42 Å². The Bertz CT molecular complexity index is 614. The van der Waals surface area contributed by atoms with Crippen LogP contribution < -0.4 is 4.90 Å². The fraction of sp³-hybridized carbons (Fsp3) is 0.462. The topological polar surface area (TPSA) is 61.2 Å². The quantitative estimate of drug-likeness (QED) is 0.777. The van der Waals surface area contributed by atoms with Gasteiger partial charge in [0.15, 0.2) is 9.84 Å². The summed E-state index contributed by atoms with van der Waals surface area (Å²) < 4.78 is 24.4. The predicted molar refractivity (Wildman–Crippen MR) is 70.4 cm³/mol. The zero-order valence-electron chi connectivity index (χ0n) is 10.7. The number of fused-ring (bicyclic) bond motifs is 1. The van der Waals surface area contributed by atoms with Gasteiger partial charge in [0.05, 0.1) is 22.4 Å². The van der Waals surface area contributed by atoms with Crippen molar-refractivity contribution >= 4 is 15.5 Å². The Morgan fingerprint density at radius 1 is 1.44 bits per heavy atom. The fourth-order valence-electron chi connectivity index (χ4n) is 2.13. The largest absolute Gasteiger partial charge is 0.357 e. The second-order valence-electron chi connectivity index (χ2n) is 4.92. The summed E-state index contributed by atoms with van der Waals surface area (Å²) in [6.45, 7) is 4.05. The average molecular weight is 264 g/mol. The number of nitriles is 1. The van der Waals surface area contributed by atoms with Crippen LogP contribution in [-0.2, 0) is 9.84 Å². The van der Waals surface area contributed by atoms with E-state index in [0.717, 1.165) is 5.56 Å². The Labute approximate surface area is 108 Å². The van der Waals surface area contributed by atoms with Gasteiger partial charge in [-0.05, 0) is 23.6 Å². The van der Waals surface area contributed by atoms with Crippen molar-refractivity contribution < 1.29 is 8.42 Å². The first-order valence-corrected chi connectivity index (χ1v) is 7.51. The second-order valence-corrected chi connectivity index (χ2v) is 6.92. The Morgan fingerprint density at radius 3 is 2.67 bits per heavy atom. The molecule has 1 aliphatic heterocycles. The summed E-state index contributed by atoms with van der Waals surface area (Å²) in [6.07, 6.45) is 0. The summed E-state index contributed by atoms with van der Waals surface area (Å²) in [5.41, 5.74) is 1.62. The molecule has 1 aliphatic rings. The fourth-order valence-corrected chi connectivity index (χ4v) is 3.87. The van der Waals surface area contributed by atoms with Crippen molar-refractivity contribution in [3.63, 3.8) is 0 Å². The molecule has 96 valence electrons. The van der Waals surface area contributed by atoms with Gasteiger partial charge in [-0.1, -0.05) is 19.9 Å². The molecular weight excluding hydrogens is 248 g/mol. The van der Waals surface area contributed by atoms with E-state index in [1.54, 1.807) is 24.1 Å². The van der Waals surface area contributed by atoms with E-state index in [0.29, 0.717) is 10.6 Å². The standard InChI is InChI=1S/C13H16N2O2S/c1-9(2)10-4-5-12-13(6-10)18(16,17)8-11(7-14)15(12)3/h4-6,9,11H,8H2,1-3H3. The maximum Gasteiger partial charge on any atom is 0.183 e. The lowest BCUT2D eigenvalue weighted by atomic mass is 10.0. The molecule has 0 radical (unpaired) electrons. The van der Waals surface area contributed by atoms with Crippen molar-refractivity contribution in [2.45, 2.75) is 30.7 Å². The van der Waals surface area contributed by atoms with Crippen molar-refractivity contribution in [2.24, 2.45) is 0 Å². The lowest BCUT2D eigenvalue weighted by Crippen LogP contribution is -2.41. The van der Waals surface area contributed by atoms with Gasteiger partial charge in [-0.15, -0.1) is 0 Å². The molecule has 5 heteroatoms. The molecule has 0 saturated heterocycles. The number of hydrogen-bond donors (Lipinski definition) is 0. The minimum Gasteiger partial charge on any atom is -0.357 e. The Hall–Kier alpha value is -1.54. The van der Waals surface area contributed by atoms with Crippen LogP contribution in [0.4, 0.5) is 5.69 Å². The van der Waals surface area contributed by atoms with Crippen molar-refractivity contribution in [1.29, 1.82) is 5.26 Å². The van der Waals surface area contributed by atoms with Gasteiger partial charge in [0.2, 0.25) is 0 Å². The summed E-state index contributed by atoms with van der Waals surface area (Å²) >= 11 is 0. The third-order valence-corrected chi connectivity index (χ3v) is 5.11. The van der Waals surface area contributed by atoms with Crippen LogP contribution in [0.3, 0.4) is 0 Å². The highest BCUT2D eigenvalue weighted by atomic mass is 32.2. The molecule has 0 aromatic heterocycles. The molecule has 0 fully saturated rings. The molecule has 0 amide bonds. The average Bonchev–Trinajstić information content (AvgIpc) is 2.33. The molecular formula is C13H16N2O2S. The van der Waals surface area contributed by atoms with Crippen LogP contribution in [0.15, 0.2) is 23.1 Å². The van der Waals surface area contributed by atoms with E-state index in [-0.39, 0.29) is 11.7 Å². The molecule has 1 aromatic carbocycles. The molecule has 1 atom stereocenters. The van der Waals surface area contributed by atoms with Gasteiger partial charge in [0.25, 0.3) is 0 Å². The lowest BCUT2D eigenvalue weighted by molar-refractivity contribution is 0.585. The maximum atomic E-state index is 12.2. The molecule has 0 aliphatic carbocycles. The summed E-state index contributed by atoms with van der Waals surface area (Å²) in [5, 5.41) is 9.01. The second kappa shape index (κ2) is 4.29. The molecule has 0 saturated carbocycles. The number of sulfone groups is 1. The summed E-state index contributed by atoms with van der Waals surface area (Å²) in [5.74, 6) is 0.152. The molecule has 1 heterocycles. The van der Waals surface area contributed by atoms with Gasteiger partial charge in [-0.3, -0.25) is 0 Å². The molecule has 4 nitrogen and oxygen atoms in total. The van der Waals surface area contributed by atoms with Gasteiger partial charge >= 0.3 is 0 Å². The minimum absolute atomic E-state index is 0.130. The number of anilines is 1. The van der Waals surface area contributed by atoms with Crippen LogP contribution in [0, 0.1) is 11.3 Å². The van der Waals surface area contributed by atoms with Gasteiger partial charge in [0, 0.05) is 7.05 Å². The molecule has 18 heavy (non-hydrogen) atoms. The molecule has 1 aromatic rings. The van der Waals surface area contributed by atoms with Crippen molar-refractivity contribution in [3.8, 4) is 6.07 Å². The van der Waals surface area contributed by atoms with Crippen LogP contribution in [0.1, 0.15) is 25.3 Å². The predicted octanol–water partition coefficient (Wildman–Crippen LogP) is 1.93. The minimum atomic E-state index is -3.36. The van der Waals surface area contributed by atoms with E-state index in [4.69, 9.17) is 5.26 Å². The first-order chi connectivity index (χ1) is 8.36. The highest BCUT2D eigenvalue weighted by Crippen LogP contribution is 2.34. The summed E-state index contributed by atoms with van der Waals surface area (Å²) in [7, 11) is -1.60. The highest BCUT2D eigenvalue weighted by Gasteiger charge is 2.34. The van der Waals surface area contributed by atoms with E-state index >= 15 is 0 Å². The van der Waals surface area contributed by atoms with E-state index in [9.17, 15) is 8.42 Å². The molecule has 1 unspecified atom stereocenters. The number of nitrogens with zero attached hydrogens (tertiary/aromatic N) is 2. The SMILES string of the molecule is CC(C)c1ccc2c(c1)S(=O)(=O)CC(C#N)N2C. The van der Waals surface area contributed by atoms with Gasteiger partial charge < -0.3 is 4.90 Å². The maximum absolute atomic E-state index is 12.2. The first-order valence-electron chi connectivity index (χ1n) is 5.86. The Balaban J connectivity index is 2.64. The van der Waals surface area contributed by atoms with Crippen molar-refractivity contribution in [2.75, 3.05) is 17.7 Å². The van der Waals surface area contributed by atoms with Crippen molar-refractivity contribution in [3.05, 3.63) is 23.8 Å². The zero-order chi connectivity index (χ0) is 13.5. The Morgan fingerprint density at radius 2 is 2.11 bits per heavy atom. The van der Waals surface area contributed by atoms with Gasteiger partial charge in [0.1, 0.15) is 6.04 Å². The zero-order valence-corrected chi connectivity index (χ0v) is 11.5. The Kier molecular flexibility index (Phi) is 3.07. The van der Waals surface area contributed by atoms with Crippen LogP contribution >= 0.6 is 0 Å². The van der Waals surface area contributed by atoms with Crippen LogP contribution in [0.2, 0.25) is 0 Å². The van der Waals surface area contributed by atoms with Gasteiger partial charge in [-0.2, -0.15) is 5.26 Å². The van der Waals surface area contributed by atoms with Crippen LogP contribution in [-0.4, -0.2) is 27.3 Å². The monoisotopic (exact) mass is 264 g/mol. The highest BCUT2D eigenvalue weighted by molar-refractivity contribution is 7.91. The molecule has 0 N–H and O–H groups in total. The van der Waals surface area contributed by atoms with E-state index in [2.05, 4.69) is 0 Å². The van der Waals surface area contributed by atoms with Crippen LogP contribution in [0.5, 0.6) is 0 Å². The molecule has 0 spiro atoms. The molecule has 2 rings (SSSR count). The summed E-state index contributed by atoms with van der Waals surface area (Å²) in [4.78, 5) is 2.09. The number of rotatable bonds is 1. The lowest BCUT2D eigenvalue weighted by Gasteiger charge is -2.32. The van der Waals surface area contributed by atoms with E-state index in [1.165, 1.54) is 0 Å². The number of hydrogen-bond acceptors (Lipinski definition) is 4. The van der Waals surface area contributed by atoms with E-state index < -0.39 is 15.9 Å². The smallest absolute Gasteiger partial charge is 0.183 e. The molecule has 0 bridgehead atoms. The summed E-state index contributed by atoms with van der Waals surface area (Å²) in [6, 6.07) is 6.89. The van der Waals surface area contributed by atoms with Crippen LogP contribution in [0.25, 0.3) is 0 Å². The third-order valence-electron chi connectivity index (χ3n) is 3.36.